The van der Waals surface area contributed by atoms with Crippen molar-refractivity contribution in [2.75, 3.05) is 21.0 Å². The summed E-state index contributed by atoms with van der Waals surface area (Å²) in [5, 5.41) is 5.24. The SMILES string of the molecule is C1CCCCC1.C1CCCCC1.CC.CC.CC.CC.CC.CC.CC.CC.CC1(C)C2CCCCC2C2CCCCC21.CC1(C)C2CCCCC2C2CCCCC21.COCOC.[Ar].[Ar].[Ar].[Ar].[Ar].[Ar].[Ar].[Ar].[Ar].[Ar].[Ar].[Ar].c1ccc2ccccc2c1.c1ccc2ccccc2c1. The van der Waals surface area contributed by atoms with Crippen LogP contribution in [0.15, 0.2) is 97.1 Å². The van der Waals surface area contributed by atoms with Gasteiger partial charge in [-0.15, -0.1) is 0 Å². The second kappa shape index (κ2) is 103. The summed E-state index contributed by atoms with van der Waals surface area (Å²) in [5.74, 6) is 8.83. The summed E-state index contributed by atoms with van der Waals surface area (Å²) in [5.41, 5.74) is 1.35. The van der Waals surface area contributed by atoms with Crippen molar-refractivity contribution in [1.82, 2.24) is 0 Å². The zero-order valence-electron chi connectivity index (χ0n) is 64.4. The van der Waals surface area contributed by atoms with E-state index < -0.39 is 0 Å². The summed E-state index contributed by atoms with van der Waals surface area (Å²) in [4.78, 5) is 0. The van der Waals surface area contributed by atoms with Gasteiger partial charge in [-0.2, -0.15) is 0 Å². The van der Waals surface area contributed by atoms with Crippen LogP contribution < -0.4 is 0 Å². The van der Waals surface area contributed by atoms with E-state index in [0.717, 1.165) is 47.3 Å². The molecule has 0 aromatic heterocycles. The molecule has 0 radical (unpaired) electrons. The molecule has 4 aromatic rings. The number of hydrogen-bond acceptors (Lipinski definition) is 2. The van der Waals surface area contributed by atoms with Crippen molar-refractivity contribution in [3.8, 4) is 0 Å². The van der Waals surface area contributed by atoms with E-state index in [1.54, 1.807) is 65.6 Å². The Labute approximate surface area is 956 Å². The van der Waals surface area contributed by atoms with Crippen molar-refractivity contribution in [2.45, 2.75) is 318 Å². The summed E-state index contributed by atoms with van der Waals surface area (Å²) in [6.45, 7) is 42.7. The van der Waals surface area contributed by atoms with E-state index in [-0.39, 0.29) is 453 Å². The van der Waals surface area contributed by atoms with Gasteiger partial charge in [0.1, 0.15) is 6.79 Å². The number of rotatable bonds is 2. The van der Waals surface area contributed by atoms with Crippen molar-refractivity contribution < 1.29 is 462 Å². The molecule has 8 unspecified atom stereocenters. The average molecular weight is 1630 g/mol. The van der Waals surface area contributed by atoms with Gasteiger partial charge in [-0.25, -0.2) is 0 Å². The van der Waals surface area contributed by atoms with Crippen molar-refractivity contribution >= 4 is 21.5 Å². The van der Waals surface area contributed by atoms with Crippen molar-refractivity contribution in [1.29, 1.82) is 0 Å². The average Bonchev–Trinajstić information content (AvgIpc) is 1.61. The minimum atomic E-state index is 0. The third-order valence-corrected chi connectivity index (χ3v) is 18.8. The Balaban J connectivity index is -0.0000000584. The molecule has 0 heterocycles. The van der Waals surface area contributed by atoms with Crippen LogP contribution in [0.25, 0.3) is 21.5 Å². The molecule has 8 atom stereocenters. The van der Waals surface area contributed by atoms with Gasteiger partial charge in [0.25, 0.3) is 0 Å². The minimum Gasteiger partial charge on any atom is -0.359 e. The third kappa shape index (κ3) is 60.6. The van der Waals surface area contributed by atoms with Crippen LogP contribution >= 0.6 is 0 Å². The Morgan fingerprint density at radius 1 is 0.232 bits per heavy atom. The Morgan fingerprint density at radius 3 is 0.474 bits per heavy atom. The van der Waals surface area contributed by atoms with Gasteiger partial charge in [0.2, 0.25) is 0 Å². The molecule has 580 valence electrons. The standard InChI is InChI=1S/2C15H26.2C10H8.2C6H12.C3H8O2.8C2H6.12Ar/c2*1-15(2)13-9-5-3-7-11(13)12-8-4-6-10-14(12)15;2*1-2-6-10-8-4-3-7-9(10)5-1;2*1-2-4-6-5-3-1;1-4-3-5-2;8*1-2;;;;;;;;;;;;/h2*11-14H,3-10H2,1-2H3;2*1-8H;2*1-6H2;3H2,1-2H3;8*1-2H3;;;;;;;;;;;;. The van der Waals surface area contributed by atoms with Gasteiger partial charge in [0.05, 0.1) is 0 Å². The molecule has 2 nitrogen and oxygen atoms in total. The Morgan fingerprint density at radius 2 is 0.358 bits per heavy atom. The molecule has 0 aliphatic heterocycles. The molecule has 8 saturated carbocycles. The van der Waals surface area contributed by atoms with Gasteiger partial charge in [0.15, 0.2) is 0 Å². The van der Waals surface area contributed by atoms with E-state index in [0.29, 0.717) is 17.6 Å². The molecule has 8 aliphatic rings. The quantitative estimate of drug-likeness (QED) is 0.186. The molecule has 0 spiro atoms. The molecular weight excluding hydrogens is 1480 g/mol. The van der Waals surface area contributed by atoms with Gasteiger partial charge >= 0.3 is 0 Å². The van der Waals surface area contributed by atoms with Crippen LogP contribution in [0.4, 0.5) is 0 Å². The topological polar surface area (TPSA) is 18.5 Å². The normalized spacial score (nSPS) is 21.4. The van der Waals surface area contributed by atoms with E-state index in [4.69, 9.17) is 0 Å². The van der Waals surface area contributed by atoms with Gasteiger partial charge in [-0.1, -0.05) is 364 Å². The van der Waals surface area contributed by atoms with E-state index in [1.807, 2.05) is 111 Å². The molecule has 8 fully saturated rings. The van der Waals surface area contributed by atoms with Crippen molar-refractivity contribution in [2.24, 2.45) is 58.2 Å². The fourth-order valence-electron chi connectivity index (χ4n) is 15.4. The maximum absolute atomic E-state index is 4.47. The maximum atomic E-state index is 4.47. The van der Waals surface area contributed by atoms with Crippen LogP contribution in [-0.2, 0) is 9.47 Å². The second-order valence-electron chi connectivity index (χ2n) is 23.5. The van der Waals surface area contributed by atoms with E-state index in [9.17, 15) is 0 Å². The molecule has 0 saturated heterocycles. The van der Waals surface area contributed by atoms with Crippen LogP contribution in [-0.4, -0.2) is 21.0 Å². The number of hydrogen-bond donors (Lipinski definition) is 0. The van der Waals surface area contributed by atoms with E-state index in [1.165, 1.54) is 150 Å². The molecule has 95 heavy (non-hydrogen) atoms. The molecule has 12 rings (SSSR count). The second-order valence-corrected chi connectivity index (χ2v) is 23.5. The van der Waals surface area contributed by atoms with Crippen LogP contribution in [0, 0.1) is 511 Å². The molecule has 8 aliphatic carbocycles. The largest absolute Gasteiger partial charge is 0.359 e. The Hall–Kier alpha value is 12.4. The number of fused-ring (bicyclic) bond motifs is 8. The van der Waals surface area contributed by atoms with Crippen LogP contribution in [0.2, 0.25) is 0 Å². The fourth-order valence-corrected chi connectivity index (χ4v) is 15.4. The molecule has 0 bridgehead atoms. The predicted octanol–water partition coefficient (Wildman–Crippen LogP) is 28.1. The summed E-state index contributed by atoms with van der Waals surface area (Å²) >= 11 is 0. The third-order valence-electron chi connectivity index (χ3n) is 18.8. The molecule has 0 amide bonds. The Bertz CT molecular complexity index is 1620. The minimum absolute atomic E-state index is 0. The first-order valence-corrected chi connectivity index (χ1v) is 36.6. The smallest absolute Gasteiger partial charge is 0.145 e. The first-order valence-electron chi connectivity index (χ1n) is 36.6. The molecule has 4 aromatic carbocycles. The van der Waals surface area contributed by atoms with Gasteiger partial charge in [0, 0.05) is 467 Å². The summed E-state index contributed by atoms with van der Waals surface area (Å²) in [7, 11) is 3.17. The number of methoxy groups -OCH3 is 2. The zero-order chi connectivity index (χ0) is 63.2. The summed E-state index contributed by atoms with van der Waals surface area (Å²) in [6, 6.07) is 33.4. The van der Waals surface area contributed by atoms with E-state index in [2.05, 4.69) is 134 Å². The predicted molar refractivity (Wildman–Crippen MR) is 382 cm³/mol. The molecule has 0 N–H and O–H groups in total. The summed E-state index contributed by atoms with van der Waals surface area (Å²) < 4.78 is 8.94. The maximum Gasteiger partial charge on any atom is 0.145 e. The van der Waals surface area contributed by atoms with Gasteiger partial charge in [-0.3, -0.25) is 0 Å². The first kappa shape index (κ1) is 142. The van der Waals surface area contributed by atoms with E-state index >= 15 is 0 Å². The monoisotopic (exact) mass is 1630 g/mol. The molecular formula is C81H148Ar12O2. The fraction of sp³-hybridized carbons (Fsp3) is 0.753. The van der Waals surface area contributed by atoms with Crippen molar-refractivity contribution in [3.05, 3.63) is 97.1 Å². The summed E-state index contributed by atoms with van der Waals surface area (Å²) in [6.07, 6.45) is 42.6. The number of ether oxygens (including phenoxy) is 2. The van der Waals surface area contributed by atoms with Gasteiger partial charge in [-0.05, 0) is 131 Å². The zero-order valence-corrected chi connectivity index (χ0v) is 72.9. The van der Waals surface area contributed by atoms with Crippen LogP contribution in [0.1, 0.15) is 318 Å². The van der Waals surface area contributed by atoms with Crippen LogP contribution in [0.3, 0.4) is 0 Å². The van der Waals surface area contributed by atoms with Crippen molar-refractivity contribution in [3.63, 3.8) is 0 Å². The van der Waals surface area contributed by atoms with Gasteiger partial charge < -0.3 is 9.47 Å². The number of benzene rings is 4. The van der Waals surface area contributed by atoms with Crippen LogP contribution in [0.5, 0.6) is 0 Å². The molecule has 14 heteroatoms. The first-order chi connectivity index (χ1) is 40.8. The Kier molecular flexibility index (Phi) is 154.